The molecule has 180 valence electrons. The molecule has 12 heteroatoms. The van der Waals surface area contributed by atoms with Gasteiger partial charge in [0.25, 0.3) is 0 Å². The van der Waals surface area contributed by atoms with Crippen molar-refractivity contribution < 1.29 is 22.8 Å². The lowest BCUT2D eigenvalue weighted by Crippen LogP contribution is -2.49. The Hall–Kier alpha value is -3.18. The van der Waals surface area contributed by atoms with Crippen LogP contribution in [-0.4, -0.2) is 28.2 Å². The summed E-state index contributed by atoms with van der Waals surface area (Å²) in [6, 6.07) is 9.43. The molecule has 3 rings (SSSR count). The number of nitrogens with zero attached hydrogens (tertiary/aromatic N) is 2. The summed E-state index contributed by atoms with van der Waals surface area (Å²) in [5.41, 5.74) is -0.166. The Bertz CT molecular complexity index is 1150. The van der Waals surface area contributed by atoms with Crippen LogP contribution in [0.2, 0.25) is 5.02 Å². The molecule has 3 amide bonds. The minimum Gasteiger partial charge on any atom is -0.326 e. The molecule has 3 aromatic rings. The van der Waals surface area contributed by atoms with Crippen molar-refractivity contribution >= 4 is 45.7 Å². The maximum atomic E-state index is 12.9. The SMILES string of the molecule is CCC(C)C(NC(=O)Nc1cccc(C(F)(F)F)c1)C(=O)Nc1nnc(-c2ccc(Cl)cc2)s1. The molecule has 1 aromatic heterocycles. The van der Waals surface area contributed by atoms with Gasteiger partial charge in [-0.1, -0.05) is 61.4 Å². The smallest absolute Gasteiger partial charge is 0.326 e. The fourth-order valence-corrected chi connectivity index (χ4v) is 3.83. The molecule has 2 unspecified atom stereocenters. The first kappa shape index (κ1) is 25.4. The van der Waals surface area contributed by atoms with Crippen LogP contribution in [0.25, 0.3) is 10.6 Å². The van der Waals surface area contributed by atoms with Crippen molar-refractivity contribution in [1.82, 2.24) is 15.5 Å². The van der Waals surface area contributed by atoms with Gasteiger partial charge in [-0.15, -0.1) is 10.2 Å². The first-order valence-corrected chi connectivity index (χ1v) is 11.4. The van der Waals surface area contributed by atoms with Crippen LogP contribution >= 0.6 is 22.9 Å². The van der Waals surface area contributed by atoms with E-state index in [4.69, 9.17) is 11.6 Å². The average molecular weight is 512 g/mol. The zero-order valence-corrected chi connectivity index (χ0v) is 19.7. The second-order valence-electron chi connectivity index (χ2n) is 7.45. The molecule has 2 atom stereocenters. The molecule has 0 aliphatic heterocycles. The summed E-state index contributed by atoms with van der Waals surface area (Å²) < 4.78 is 38.7. The Morgan fingerprint density at radius 1 is 1.09 bits per heavy atom. The monoisotopic (exact) mass is 511 g/mol. The van der Waals surface area contributed by atoms with E-state index in [1.807, 2.05) is 6.92 Å². The van der Waals surface area contributed by atoms with Crippen LogP contribution < -0.4 is 16.0 Å². The number of urea groups is 1. The van der Waals surface area contributed by atoms with Crippen molar-refractivity contribution in [2.75, 3.05) is 10.6 Å². The van der Waals surface area contributed by atoms with Gasteiger partial charge in [0.2, 0.25) is 11.0 Å². The Morgan fingerprint density at radius 2 is 1.79 bits per heavy atom. The van der Waals surface area contributed by atoms with Gasteiger partial charge in [0.05, 0.1) is 5.56 Å². The minimum absolute atomic E-state index is 0.0487. The molecular formula is C22H21ClF3N5O2S. The van der Waals surface area contributed by atoms with Crippen molar-refractivity contribution in [3.05, 3.63) is 59.1 Å². The van der Waals surface area contributed by atoms with Crippen molar-refractivity contribution in [3.8, 4) is 10.6 Å². The number of rotatable bonds is 7. The van der Waals surface area contributed by atoms with Crippen molar-refractivity contribution in [2.45, 2.75) is 32.5 Å². The van der Waals surface area contributed by atoms with E-state index in [1.54, 1.807) is 31.2 Å². The third-order valence-corrected chi connectivity index (χ3v) is 6.12. The molecule has 0 saturated carbocycles. The molecule has 34 heavy (non-hydrogen) atoms. The Morgan fingerprint density at radius 3 is 2.44 bits per heavy atom. The number of aromatic nitrogens is 2. The predicted octanol–water partition coefficient (Wildman–Crippen LogP) is 6.05. The second kappa shape index (κ2) is 10.8. The van der Waals surface area contributed by atoms with E-state index >= 15 is 0 Å². The molecule has 0 aliphatic carbocycles. The molecule has 3 N–H and O–H groups in total. The topological polar surface area (TPSA) is 96.0 Å². The van der Waals surface area contributed by atoms with Crippen LogP contribution in [0.15, 0.2) is 48.5 Å². The minimum atomic E-state index is -4.54. The number of benzene rings is 2. The standard InChI is InChI=1S/C22H21ClF3N5O2S/c1-3-12(2)17(28-20(33)27-16-6-4-5-14(11-16)22(24,25)26)18(32)29-21-31-30-19(34-21)13-7-9-15(23)10-8-13/h4-12,17H,3H2,1-2H3,(H2,27,28,33)(H,29,31,32). The molecule has 7 nitrogen and oxygen atoms in total. The number of nitrogens with one attached hydrogen (secondary N) is 3. The number of hydrogen-bond donors (Lipinski definition) is 3. The zero-order valence-electron chi connectivity index (χ0n) is 18.1. The van der Waals surface area contributed by atoms with Crippen LogP contribution in [-0.2, 0) is 11.0 Å². The number of carbonyl (C=O) groups excluding carboxylic acids is 2. The van der Waals surface area contributed by atoms with E-state index < -0.39 is 29.7 Å². The molecule has 2 aromatic carbocycles. The number of carbonyl (C=O) groups is 2. The van der Waals surface area contributed by atoms with Gasteiger partial charge < -0.3 is 10.6 Å². The first-order chi connectivity index (χ1) is 16.1. The van der Waals surface area contributed by atoms with E-state index in [-0.39, 0.29) is 16.7 Å². The largest absolute Gasteiger partial charge is 0.416 e. The number of amides is 3. The lowest BCUT2D eigenvalue weighted by atomic mass is 9.98. The summed E-state index contributed by atoms with van der Waals surface area (Å²) in [6.45, 7) is 3.62. The van der Waals surface area contributed by atoms with Crippen LogP contribution in [0.4, 0.5) is 28.8 Å². The van der Waals surface area contributed by atoms with Gasteiger partial charge in [0.15, 0.2) is 0 Å². The van der Waals surface area contributed by atoms with E-state index in [0.29, 0.717) is 16.5 Å². The van der Waals surface area contributed by atoms with E-state index in [9.17, 15) is 22.8 Å². The Labute approximate surface area is 202 Å². The molecule has 1 heterocycles. The van der Waals surface area contributed by atoms with Crippen molar-refractivity contribution in [3.63, 3.8) is 0 Å². The van der Waals surface area contributed by atoms with Gasteiger partial charge in [-0.25, -0.2) is 4.79 Å². The fraction of sp³-hybridized carbons (Fsp3) is 0.273. The highest BCUT2D eigenvalue weighted by Crippen LogP contribution is 2.31. The van der Waals surface area contributed by atoms with Crippen molar-refractivity contribution in [1.29, 1.82) is 0 Å². The summed E-state index contributed by atoms with van der Waals surface area (Å²) in [7, 11) is 0. The fourth-order valence-electron chi connectivity index (χ4n) is 2.95. The molecule has 0 bridgehead atoms. The molecular weight excluding hydrogens is 491 g/mol. The van der Waals surface area contributed by atoms with E-state index in [1.165, 1.54) is 12.1 Å². The molecule has 0 saturated heterocycles. The maximum Gasteiger partial charge on any atom is 0.416 e. The molecule has 0 fully saturated rings. The maximum absolute atomic E-state index is 12.9. The van der Waals surface area contributed by atoms with Gasteiger partial charge in [-0.05, 0) is 36.2 Å². The van der Waals surface area contributed by atoms with Crippen LogP contribution in [0.1, 0.15) is 25.8 Å². The normalized spacial score (nSPS) is 13.1. The van der Waals surface area contributed by atoms with E-state index in [0.717, 1.165) is 29.0 Å². The van der Waals surface area contributed by atoms with Gasteiger partial charge >= 0.3 is 12.2 Å². The highest BCUT2D eigenvalue weighted by atomic mass is 35.5. The highest BCUT2D eigenvalue weighted by Gasteiger charge is 2.31. The zero-order chi connectivity index (χ0) is 24.9. The second-order valence-corrected chi connectivity index (χ2v) is 8.86. The van der Waals surface area contributed by atoms with Crippen molar-refractivity contribution in [2.24, 2.45) is 5.92 Å². The lowest BCUT2D eigenvalue weighted by molar-refractivity contribution is -0.137. The summed E-state index contributed by atoms with van der Waals surface area (Å²) in [6.07, 6.45) is -3.98. The molecule has 0 aliphatic rings. The lowest BCUT2D eigenvalue weighted by Gasteiger charge is -2.23. The summed E-state index contributed by atoms with van der Waals surface area (Å²) in [5.74, 6) is -0.789. The molecule has 0 radical (unpaired) electrons. The third kappa shape index (κ3) is 6.67. The van der Waals surface area contributed by atoms with Gasteiger partial charge in [0, 0.05) is 16.3 Å². The van der Waals surface area contributed by atoms with Gasteiger partial charge in [0.1, 0.15) is 11.0 Å². The molecule has 0 spiro atoms. The van der Waals surface area contributed by atoms with Crippen LogP contribution in [0.5, 0.6) is 0 Å². The summed E-state index contributed by atoms with van der Waals surface area (Å²) in [5, 5.41) is 16.9. The summed E-state index contributed by atoms with van der Waals surface area (Å²) >= 11 is 7.04. The number of alkyl halides is 3. The quantitative estimate of drug-likeness (QED) is 0.359. The Kier molecular flexibility index (Phi) is 8.11. The van der Waals surface area contributed by atoms with E-state index in [2.05, 4.69) is 26.1 Å². The number of anilines is 2. The number of hydrogen-bond acceptors (Lipinski definition) is 5. The van der Waals surface area contributed by atoms with Gasteiger partial charge in [-0.3, -0.25) is 10.1 Å². The summed E-state index contributed by atoms with van der Waals surface area (Å²) in [4.78, 5) is 25.4. The number of halogens is 4. The third-order valence-electron chi connectivity index (χ3n) is 4.98. The predicted molar refractivity (Wildman–Crippen MR) is 126 cm³/mol. The van der Waals surface area contributed by atoms with Crippen LogP contribution in [0.3, 0.4) is 0 Å². The first-order valence-electron chi connectivity index (χ1n) is 10.2. The van der Waals surface area contributed by atoms with Gasteiger partial charge in [-0.2, -0.15) is 13.2 Å². The average Bonchev–Trinajstić information content (AvgIpc) is 3.25. The van der Waals surface area contributed by atoms with Crippen LogP contribution in [0, 0.1) is 5.92 Å². The highest BCUT2D eigenvalue weighted by molar-refractivity contribution is 7.18. The Balaban J connectivity index is 1.68.